The van der Waals surface area contributed by atoms with E-state index >= 15 is 0 Å². The molecule has 186 valence electrons. The summed E-state index contributed by atoms with van der Waals surface area (Å²) in [5, 5.41) is 7.98. The molecule has 0 bridgehead atoms. The second kappa shape index (κ2) is 11.2. The molecule has 3 rings (SSSR count). The molecular formula is C23H24ClN3O6S2. The van der Waals surface area contributed by atoms with Gasteiger partial charge in [-0.2, -0.15) is 4.72 Å². The van der Waals surface area contributed by atoms with Crippen LogP contribution >= 0.6 is 11.6 Å². The summed E-state index contributed by atoms with van der Waals surface area (Å²) in [6.45, 7) is 0.0389. The number of benzene rings is 3. The Balaban J connectivity index is 1.83. The highest BCUT2D eigenvalue weighted by atomic mass is 35.5. The quantitative estimate of drug-likeness (QED) is 0.361. The Labute approximate surface area is 209 Å². The lowest BCUT2D eigenvalue weighted by Gasteiger charge is -2.20. The normalized spacial score (nSPS) is 12.7. The largest absolute Gasteiger partial charge is 0.495 e. The predicted octanol–water partition coefficient (Wildman–Crippen LogP) is 2.20. The average molecular weight is 538 g/mol. The van der Waals surface area contributed by atoms with Crippen LogP contribution in [0.3, 0.4) is 0 Å². The van der Waals surface area contributed by atoms with Gasteiger partial charge in [-0.1, -0.05) is 54.1 Å². The molecule has 3 aromatic carbocycles. The number of primary sulfonamides is 1. The average Bonchev–Trinajstić information content (AvgIpc) is 2.82. The van der Waals surface area contributed by atoms with Crippen LogP contribution in [0.15, 0.2) is 82.6 Å². The smallest absolute Gasteiger partial charge is 0.245 e. The predicted molar refractivity (Wildman–Crippen MR) is 132 cm³/mol. The zero-order valence-corrected chi connectivity index (χ0v) is 21.0. The van der Waals surface area contributed by atoms with Gasteiger partial charge in [-0.05, 0) is 47.9 Å². The van der Waals surface area contributed by atoms with Gasteiger partial charge in [0.25, 0.3) is 0 Å². The van der Waals surface area contributed by atoms with E-state index in [-0.39, 0.29) is 33.5 Å². The molecule has 4 N–H and O–H groups in total. The van der Waals surface area contributed by atoms with E-state index in [1.165, 1.54) is 49.6 Å². The van der Waals surface area contributed by atoms with Crippen LogP contribution in [0.2, 0.25) is 5.02 Å². The maximum Gasteiger partial charge on any atom is 0.245 e. The Bertz CT molecular complexity index is 1400. The first kappa shape index (κ1) is 26.6. The van der Waals surface area contributed by atoms with Gasteiger partial charge in [0, 0.05) is 11.6 Å². The highest BCUT2D eigenvalue weighted by molar-refractivity contribution is 7.89. The highest BCUT2D eigenvalue weighted by Gasteiger charge is 2.28. The Hall–Kier alpha value is -2.96. The SMILES string of the molecule is COc1ccc(Cl)cc1S(=O)(=O)N[C@@H](Cc1ccccc1)C(=O)NCc1ccc(S(N)(=O)=O)cc1. The lowest BCUT2D eigenvalue weighted by molar-refractivity contribution is -0.122. The number of carbonyl (C=O) groups is 1. The van der Waals surface area contributed by atoms with E-state index in [2.05, 4.69) is 10.0 Å². The number of halogens is 1. The van der Waals surface area contributed by atoms with Crippen LogP contribution in [-0.4, -0.2) is 35.9 Å². The number of sulfonamides is 2. The van der Waals surface area contributed by atoms with E-state index in [0.717, 1.165) is 5.56 Å². The number of hydrogen-bond donors (Lipinski definition) is 3. The molecule has 0 aliphatic carbocycles. The number of amides is 1. The van der Waals surface area contributed by atoms with Crippen molar-refractivity contribution in [2.45, 2.75) is 28.8 Å². The van der Waals surface area contributed by atoms with Crippen molar-refractivity contribution in [1.82, 2.24) is 10.0 Å². The summed E-state index contributed by atoms with van der Waals surface area (Å²) in [5.41, 5.74) is 1.34. The van der Waals surface area contributed by atoms with Crippen molar-refractivity contribution < 1.29 is 26.4 Å². The first-order chi connectivity index (χ1) is 16.5. The molecule has 0 saturated heterocycles. The van der Waals surface area contributed by atoms with Gasteiger partial charge in [-0.15, -0.1) is 0 Å². The fourth-order valence-electron chi connectivity index (χ4n) is 3.26. The molecule has 12 heteroatoms. The fourth-order valence-corrected chi connectivity index (χ4v) is 5.40. The molecule has 0 unspecified atom stereocenters. The molecule has 1 amide bonds. The number of ether oxygens (including phenoxy) is 1. The van der Waals surface area contributed by atoms with Gasteiger partial charge < -0.3 is 10.1 Å². The fraction of sp³-hybridized carbons (Fsp3) is 0.174. The van der Waals surface area contributed by atoms with E-state index in [9.17, 15) is 21.6 Å². The van der Waals surface area contributed by atoms with Gasteiger partial charge in [-0.3, -0.25) is 4.79 Å². The molecule has 0 spiro atoms. The van der Waals surface area contributed by atoms with Crippen molar-refractivity contribution in [2.24, 2.45) is 5.14 Å². The van der Waals surface area contributed by atoms with Crippen molar-refractivity contribution in [2.75, 3.05) is 7.11 Å². The maximum absolute atomic E-state index is 13.2. The number of nitrogens with two attached hydrogens (primary N) is 1. The van der Waals surface area contributed by atoms with E-state index in [0.29, 0.717) is 5.56 Å². The summed E-state index contributed by atoms with van der Waals surface area (Å²) in [6.07, 6.45) is 0.0825. The number of hydrogen-bond acceptors (Lipinski definition) is 6. The van der Waals surface area contributed by atoms with E-state index in [1.54, 1.807) is 24.3 Å². The monoisotopic (exact) mass is 537 g/mol. The van der Waals surface area contributed by atoms with Crippen LogP contribution in [0.1, 0.15) is 11.1 Å². The van der Waals surface area contributed by atoms with Gasteiger partial charge in [0.05, 0.1) is 12.0 Å². The minimum atomic E-state index is -4.20. The molecule has 0 saturated carbocycles. The molecule has 9 nitrogen and oxygen atoms in total. The first-order valence-corrected chi connectivity index (χ1v) is 13.7. The van der Waals surface area contributed by atoms with Crippen LogP contribution in [0, 0.1) is 0 Å². The topological polar surface area (TPSA) is 145 Å². The lowest BCUT2D eigenvalue weighted by atomic mass is 10.1. The van der Waals surface area contributed by atoms with Crippen molar-refractivity contribution in [3.63, 3.8) is 0 Å². The van der Waals surface area contributed by atoms with Gasteiger partial charge in [-0.25, -0.2) is 22.0 Å². The molecule has 0 aromatic heterocycles. The van der Waals surface area contributed by atoms with Gasteiger partial charge in [0.2, 0.25) is 26.0 Å². The number of methoxy groups -OCH3 is 1. The molecule has 3 aromatic rings. The van der Waals surface area contributed by atoms with Crippen molar-refractivity contribution in [1.29, 1.82) is 0 Å². The molecule has 35 heavy (non-hydrogen) atoms. The van der Waals surface area contributed by atoms with Crippen LogP contribution in [0.5, 0.6) is 5.75 Å². The maximum atomic E-state index is 13.2. The Kier molecular flexibility index (Phi) is 8.51. The van der Waals surface area contributed by atoms with Gasteiger partial charge in [0.1, 0.15) is 16.7 Å². The number of nitrogens with one attached hydrogen (secondary N) is 2. The third-order valence-corrected chi connectivity index (χ3v) is 7.69. The van der Waals surface area contributed by atoms with Crippen molar-refractivity contribution in [3.8, 4) is 5.75 Å². The van der Waals surface area contributed by atoms with E-state index in [1.807, 2.05) is 6.07 Å². The third kappa shape index (κ3) is 7.26. The van der Waals surface area contributed by atoms with Gasteiger partial charge >= 0.3 is 0 Å². The summed E-state index contributed by atoms with van der Waals surface area (Å²) < 4.78 is 56.8. The van der Waals surface area contributed by atoms with E-state index in [4.69, 9.17) is 21.5 Å². The van der Waals surface area contributed by atoms with Crippen molar-refractivity contribution in [3.05, 3.63) is 88.9 Å². The minimum absolute atomic E-state index is 0.0389. The molecule has 0 aliphatic rings. The Morgan fingerprint density at radius 1 is 0.971 bits per heavy atom. The first-order valence-electron chi connectivity index (χ1n) is 10.3. The van der Waals surface area contributed by atoms with Crippen LogP contribution in [0.4, 0.5) is 0 Å². The van der Waals surface area contributed by atoms with Crippen molar-refractivity contribution >= 4 is 37.6 Å². The van der Waals surface area contributed by atoms with E-state index < -0.39 is 32.0 Å². The number of rotatable bonds is 10. The summed E-state index contributed by atoms with van der Waals surface area (Å²) in [5.74, 6) is -0.496. The number of carbonyl (C=O) groups excluding carboxylic acids is 1. The lowest BCUT2D eigenvalue weighted by Crippen LogP contribution is -2.47. The highest BCUT2D eigenvalue weighted by Crippen LogP contribution is 2.27. The standard InChI is InChI=1S/C23H24ClN3O6S2/c1-33-21-12-9-18(24)14-22(21)35(31,32)27-20(13-16-5-3-2-4-6-16)23(28)26-15-17-7-10-19(11-8-17)34(25,29)30/h2-12,14,20,27H,13,15H2,1H3,(H,26,28)(H2,25,29,30)/t20-/m0/s1. The summed E-state index contributed by atoms with van der Waals surface area (Å²) in [4.78, 5) is 12.8. The molecule has 0 heterocycles. The Morgan fingerprint density at radius 3 is 2.23 bits per heavy atom. The molecular weight excluding hydrogens is 514 g/mol. The molecule has 0 fully saturated rings. The Morgan fingerprint density at radius 2 is 1.63 bits per heavy atom. The molecule has 0 radical (unpaired) electrons. The van der Waals surface area contributed by atoms with Crippen LogP contribution in [0.25, 0.3) is 0 Å². The molecule has 1 atom stereocenters. The summed E-state index contributed by atoms with van der Waals surface area (Å²) >= 11 is 5.99. The van der Waals surface area contributed by atoms with Crippen LogP contribution < -0.4 is 19.9 Å². The summed E-state index contributed by atoms with van der Waals surface area (Å²) in [7, 11) is -6.70. The third-order valence-electron chi connectivity index (χ3n) is 5.03. The van der Waals surface area contributed by atoms with Gasteiger partial charge in [0.15, 0.2) is 0 Å². The summed E-state index contributed by atoms with van der Waals surface area (Å²) in [6, 6.07) is 17.6. The molecule has 0 aliphatic heterocycles. The minimum Gasteiger partial charge on any atom is -0.495 e. The zero-order valence-electron chi connectivity index (χ0n) is 18.6. The second-order valence-electron chi connectivity index (χ2n) is 7.57. The van der Waals surface area contributed by atoms with Crippen LogP contribution in [-0.2, 0) is 37.8 Å². The second-order valence-corrected chi connectivity index (χ2v) is 11.2. The zero-order chi connectivity index (χ0) is 25.6.